The number of halogens is 3. The standard InChI is InChI=1S/C12H13BrF2N2O2/c1-2-12(19)5-17(6-12)11(18)16-10-3-7(13)8(14)4-9(10)15/h3-4,19H,2,5-6H2,1H3,(H,16,18). The van der Waals surface area contributed by atoms with Gasteiger partial charge in [-0.2, -0.15) is 0 Å². The first-order valence-electron chi connectivity index (χ1n) is 5.77. The Morgan fingerprint density at radius 1 is 1.47 bits per heavy atom. The molecule has 1 aromatic carbocycles. The number of urea groups is 1. The number of carbonyl (C=O) groups is 1. The van der Waals surface area contributed by atoms with Gasteiger partial charge in [-0.05, 0) is 28.4 Å². The summed E-state index contributed by atoms with van der Waals surface area (Å²) in [5, 5.41) is 12.1. The first kappa shape index (κ1) is 14.2. The Kier molecular flexibility index (Phi) is 3.78. The van der Waals surface area contributed by atoms with Crippen molar-refractivity contribution in [3.8, 4) is 0 Å². The predicted molar refractivity (Wildman–Crippen MR) is 69.9 cm³/mol. The number of rotatable bonds is 2. The number of β-amino-alcohol motifs (C(OH)–C–C–N with tert-alkyl or cyclic N) is 1. The van der Waals surface area contributed by atoms with Gasteiger partial charge < -0.3 is 15.3 Å². The predicted octanol–water partition coefficient (Wildman–Crippen LogP) is 2.72. The van der Waals surface area contributed by atoms with Gasteiger partial charge in [0.1, 0.15) is 11.6 Å². The number of hydrogen-bond donors (Lipinski definition) is 2. The molecular weight excluding hydrogens is 322 g/mol. The van der Waals surface area contributed by atoms with Crippen molar-refractivity contribution in [1.82, 2.24) is 4.90 Å². The molecule has 0 spiro atoms. The van der Waals surface area contributed by atoms with Crippen LogP contribution in [0.2, 0.25) is 0 Å². The van der Waals surface area contributed by atoms with E-state index in [1.807, 2.05) is 6.92 Å². The molecule has 1 aliphatic heterocycles. The van der Waals surface area contributed by atoms with Crippen molar-refractivity contribution in [3.63, 3.8) is 0 Å². The van der Waals surface area contributed by atoms with Gasteiger partial charge in [0.2, 0.25) is 0 Å². The third kappa shape index (κ3) is 2.87. The number of benzene rings is 1. The minimum Gasteiger partial charge on any atom is -0.386 e. The number of aliphatic hydroxyl groups is 1. The van der Waals surface area contributed by atoms with Gasteiger partial charge in [0, 0.05) is 6.07 Å². The maximum absolute atomic E-state index is 13.5. The second-order valence-corrected chi connectivity index (χ2v) is 5.46. The summed E-state index contributed by atoms with van der Waals surface area (Å²) in [4.78, 5) is 13.1. The molecule has 0 unspecified atom stereocenters. The van der Waals surface area contributed by atoms with Crippen molar-refractivity contribution in [2.75, 3.05) is 18.4 Å². The monoisotopic (exact) mass is 334 g/mol. The average molecular weight is 335 g/mol. The van der Waals surface area contributed by atoms with Crippen molar-refractivity contribution in [2.45, 2.75) is 18.9 Å². The molecule has 2 rings (SSSR count). The lowest BCUT2D eigenvalue weighted by Crippen LogP contribution is -2.64. The van der Waals surface area contributed by atoms with E-state index in [1.54, 1.807) is 0 Å². The van der Waals surface area contributed by atoms with E-state index in [2.05, 4.69) is 21.2 Å². The van der Waals surface area contributed by atoms with Crippen LogP contribution in [-0.2, 0) is 0 Å². The summed E-state index contributed by atoms with van der Waals surface area (Å²) >= 11 is 2.92. The van der Waals surface area contributed by atoms with Crippen LogP contribution in [0.5, 0.6) is 0 Å². The third-order valence-electron chi connectivity index (χ3n) is 3.17. The van der Waals surface area contributed by atoms with Gasteiger partial charge in [0.15, 0.2) is 0 Å². The van der Waals surface area contributed by atoms with Crippen molar-refractivity contribution in [2.24, 2.45) is 0 Å². The minimum absolute atomic E-state index is 0.0675. The Hall–Kier alpha value is -1.21. The molecule has 1 saturated heterocycles. The molecule has 0 aliphatic carbocycles. The van der Waals surface area contributed by atoms with Crippen LogP contribution in [0.15, 0.2) is 16.6 Å². The molecule has 0 bridgehead atoms. The van der Waals surface area contributed by atoms with Crippen LogP contribution < -0.4 is 5.32 Å². The SMILES string of the molecule is CCC1(O)CN(C(=O)Nc2cc(Br)c(F)cc2F)C1. The average Bonchev–Trinajstić information content (AvgIpc) is 2.31. The second kappa shape index (κ2) is 5.05. The molecular formula is C12H13BrF2N2O2. The Morgan fingerprint density at radius 2 is 2.11 bits per heavy atom. The van der Waals surface area contributed by atoms with E-state index in [9.17, 15) is 18.7 Å². The van der Waals surface area contributed by atoms with E-state index >= 15 is 0 Å². The lowest BCUT2D eigenvalue weighted by molar-refractivity contribution is -0.0755. The highest BCUT2D eigenvalue weighted by Gasteiger charge is 2.42. The van der Waals surface area contributed by atoms with Gasteiger partial charge >= 0.3 is 6.03 Å². The fourth-order valence-electron chi connectivity index (χ4n) is 1.84. The van der Waals surface area contributed by atoms with Gasteiger partial charge in [-0.25, -0.2) is 13.6 Å². The van der Waals surface area contributed by atoms with Crippen molar-refractivity contribution >= 4 is 27.6 Å². The number of hydrogen-bond acceptors (Lipinski definition) is 2. The molecule has 19 heavy (non-hydrogen) atoms. The van der Waals surface area contributed by atoms with E-state index < -0.39 is 23.3 Å². The molecule has 1 aromatic rings. The Morgan fingerprint density at radius 3 is 2.68 bits per heavy atom. The number of nitrogens with zero attached hydrogens (tertiary/aromatic N) is 1. The topological polar surface area (TPSA) is 52.6 Å². The Labute approximate surface area is 117 Å². The first-order valence-corrected chi connectivity index (χ1v) is 6.57. The zero-order valence-electron chi connectivity index (χ0n) is 10.2. The molecule has 0 aromatic heterocycles. The number of nitrogens with one attached hydrogen (secondary N) is 1. The summed E-state index contributed by atoms with van der Waals surface area (Å²) in [6, 6.07) is 1.34. The van der Waals surface area contributed by atoms with Crippen molar-refractivity contribution in [3.05, 3.63) is 28.2 Å². The van der Waals surface area contributed by atoms with E-state index in [4.69, 9.17) is 0 Å². The molecule has 1 aliphatic rings. The molecule has 104 valence electrons. The zero-order chi connectivity index (χ0) is 14.2. The highest BCUT2D eigenvalue weighted by molar-refractivity contribution is 9.10. The first-order chi connectivity index (χ1) is 8.84. The normalized spacial score (nSPS) is 17.0. The lowest BCUT2D eigenvalue weighted by atomic mass is 9.92. The van der Waals surface area contributed by atoms with Gasteiger partial charge in [0.25, 0.3) is 0 Å². The largest absolute Gasteiger partial charge is 0.386 e. The summed E-state index contributed by atoms with van der Waals surface area (Å²) in [7, 11) is 0. The van der Waals surface area contributed by atoms with Gasteiger partial charge in [0.05, 0.1) is 28.9 Å². The van der Waals surface area contributed by atoms with Crippen molar-refractivity contribution < 1.29 is 18.7 Å². The number of likely N-dealkylation sites (tertiary alicyclic amines) is 1. The molecule has 1 fully saturated rings. The Balaban J connectivity index is 2.03. The maximum Gasteiger partial charge on any atom is 0.322 e. The summed E-state index contributed by atoms with van der Waals surface area (Å²) < 4.78 is 26.6. The highest BCUT2D eigenvalue weighted by Crippen LogP contribution is 2.27. The molecule has 7 heteroatoms. The number of carbonyl (C=O) groups excluding carboxylic acids is 1. The molecule has 2 amide bonds. The Bertz CT molecular complexity index is 519. The summed E-state index contributed by atoms with van der Waals surface area (Å²) in [6.45, 7) is 2.24. The smallest absolute Gasteiger partial charge is 0.322 e. The van der Waals surface area contributed by atoms with Crippen LogP contribution in [0.3, 0.4) is 0 Å². The van der Waals surface area contributed by atoms with E-state index in [0.29, 0.717) is 12.5 Å². The lowest BCUT2D eigenvalue weighted by Gasteiger charge is -2.45. The molecule has 0 saturated carbocycles. The number of anilines is 1. The molecule has 1 heterocycles. The maximum atomic E-state index is 13.5. The van der Waals surface area contributed by atoms with E-state index in [0.717, 1.165) is 6.07 Å². The van der Waals surface area contributed by atoms with Crippen LogP contribution in [0.1, 0.15) is 13.3 Å². The quantitative estimate of drug-likeness (QED) is 0.817. The van der Waals surface area contributed by atoms with E-state index in [1.165, 1.54) is 4.90 Å². The summed E-state index contributed by atoms with van der Waals surface area (Å²) in [6.07, 6.45) is 0.549. The van der Waals surface area contributed by atoms with Crippen LogP contribution in [-0.4, -0.2) is 34.7 Å². The molecule has 0 radical (unpaired) electrons. The van der Waals surface area contributed by atoms with Gasteiger partial charge in [-0.15, -0.1) is 0 Å². The number of amides is 2. The second-order valence-electron chi connectivity index (χ2n) is 4.61. The van der Waals surface area contributed by atoms with Gasteiger partial charge in [-0.3, -0.25) is 0 Å². The fraction of sp³-hybridized carbons (Fsp3) is 0.417. The summed E-state index contributed by atoms with van der Waals surface area (Å²) in [5.41, 5.74) is -0.954. The van der Waals surface area contributed by atoms with Crippen LogP contribution >= 0.6 is 15.9 Å². The minimum atomic E-state index is -0.848. The van der Waals surface area contributed by atoms with Crippen LogP contribution in [0.25, 0.3) is 0 Å². The summed E-state index contributed by atoms with van der Waals surface area (Å²) in [5.74, 6) is -1.58. The zero-order valence-corrected chi connectivity index (χ0v) is 11.8. The van der Waals surface area contributed by atoms with Crippen molar-refractivity contribution in [1.29, 1.82) is 0 Å². The fourth-order valence-corrected chi connectivity index (χ4v) is 2.19. The van der Waals surface area contributed by atoms with Gasteiger partial charge in [-0.1, -0.05) is 6.92 Å². The van der Waals surface area contributed by atoms with E-state index in [-0.39, 0.29) is 23.2 Å². The van der Waals surface area contributed by atoms with Crippen LogP contribution in [0.4, 0.5) is 19.3 Å². The highest BCUT2D eigenvalue weighted by atomic mass is 79.9. The third-order valence-corrected chi connectivity index (χ3v) is 3.77. The van der Waals surface area contributed by atoms with Crippen LogP contribution in [0, 0.1) is 11.6 Å². The molecule has 4 nitrogen and oxygen atoms in total. The molecule has 0 atom stereocenters. The molecule has 2 N–H and O–H groups in total.